The zero-order valence-corrected chi connectivity index (χ0v) is 23.0. The van der Waals surface area contributed by atoms with Gasteiger partial charge in [-0.05, 0) is 73.2 Å². The second-order valence-corrected chi connectivity index (χ2v) is 11.3. The van der Waals surface area contributed by atoms with Gasteiger partial charge in [0.25, 0.3) is 5.78 Å². The van der Waals surface area contributed by atoms with Gasteiger partial charge in [0.05, 0.1) is 13.0 Å². The molecular formula is C30H31F3O4S2. The first-order valence-corrected chi connectivity index (χ1v) is 14.7. The minimum atomic E-state index is -4.87. The summed E-state index contributed by atoms with van der Waals surface area (Å²) >= 11 is 3.16. The number of carbonyl (C=O) groups is 2. The summed E-state index contributed by atoms with van der Waals surface area (Å²) in [6, 6.07) is 23.7. The lowest BCUT2D eigenvalue weighted by atomic mass is 10.0. The van der Waals surface area contributed by atoms with Crippen LogP contribution in [0, 0.1) is 0 Å². The van der Waals surface area contributed by atoms with Crippen molar-refractivity contribution in [1.82, 2.24) is 0 Å². The number of aliphatic carboxylic acids is 1. The summed E-state index contributed by atoms with van der Waals surface area (Å²) in [6.07, 6.45) is -1.07. The van der Waals surface area contributed by atoms with E-state index < -0.39 is 17.9 Å². The average Bonchev–Trinajstić information content (AvgIpc) is 2.92. The van der Waals surface area contributed by atoms with Crippen LogP contribution in [0.1, 0.15) is 52.4 Å². The summed E-state index contributed by atoms with van der Waals surface area (Å²) in [5.41, 5.74) is 2.08. The SMILES string of the molecule is O=C(O)CCS[C@@H](CCCc1ccccc1)c1ccc(OCCCSc2ccc(C(=O)C(F)(F)F)cc2)cc1. The highest BCUT2D eigenvalue weighted by Gasteiger charge is 2.39. The van der Waals surface area contributed by atoms with Crippen LogP contribution in [-0.2, 0) is 11.2 Å². The molecule has 0 amide bonds. The molecule has 0 spiro atoms. The Kier molecular flexibility index (Phi) is 12.3. The maximum absolute atomic E-state index is 12.5. The smallest absolute Gasteiger partial charge is 0.454 e. The number of rotatable bonds is 16. The minimum absolute atomic E-state index is 0.134. The van der Waals surface area contributed by atoms with Crippen LogP contribution in [-0.4, -0.2) is 41.1 Å². The van der Waals surface area contributed by atoms with Crippen LogP contribution in [0.2, 0.25) is 0 Å². The van der Waals surface area contributed by atoms with E-state index in [0.29, 0.717) is 18.1 Å². The normalized spacial score (nSPS) is 12.2. The van der Waals surface area contributed by atoms with Gasteiger partial charge < -0.3 is 9.84 Å². The van der Waals surface area contributed by atoms with Gasteiger partial charge in [0.1, 0.15) is 5.75 Å². The van der Waals surface area contributed by atoms with E-state index in [1.54, 1.807) is 11.8 Å². The van der Waals surface area contributed by atoms with E-state index in [1.807, 2.05) is 42.5 Å². The van der Waals surface area contributed by atoms with Crippen molar-refractivity contribution in [2.24, 2.45) is 0 Å². The van der Waals surface area contributed by atoms with Crippen molar-refractivity contribution in [3.05, 3.63) is 95.6 Å². The molecule has 0 unspecified atom stereocenters. The van der Waals surface area contributed by atoms with Crippen LogP contribution in [0.15, 0.2) is 83.8 Å². The molecule has 0 aliphatic carbocycles. The highest BCUT2D eigenvalue weighted by Crippen LogP contribution is 2.35. The standard InChI is InChI=1S/C30H31F3O4S2/c31-30(32,33)29(36)24-12-16-26(17-13-24)38-20-5-19-37-25-14-10-23(11-15-25)27(39-21-18-28(34)35)9-4-8-22-6-2-1-3-7-22/h1-3,6-7,10-17,27H,4-5,8-9,18-21H2,(H,34,35)/t27-/m0/s1. The van der Waals surface area contributed by atoms with Crippen molar-refractivity contribution >= 4 is 35.3 Å². The molecule has 3 aromatic rings. The topological polar surface area (TPSA) is 63.6 Å². The number of ether oxygens (including phenoxy) is 1. The number of carbonyl (C=O) groups excluding carboxylic acids is 1. The van der Waals surface area contributed by atoms with E-state index in [2.05, 4.69) is 12.1 Å². The van der Waals surface area contributed by atoms with Crippen LogP contribution in [0.4, 0.5) is 13.2 Å². The number of carboxylic acid groups (broad SMARTS) is 1. The predicted molar refractivity (Wildman–Crippen MR) is 151 cm³/mol. The summed E-state index contributed by atoms with van der Waals surface area (Å²) in [5.74, 6) is -0.606. The summed E-state index contributed by atoms with van der Waals surface area (Å²) in [6.45, 7) is 0.491. The number of alkyl halides is 3. The second kappa shape index (κ2) is 15.6. The van der Waals surface area contributed by atoms with Crippen LogP contribution in [0.5, 0.6) is 5.75 Å². The quantitative estimate of drug-likeness (QED) is 0.105. The van der Waals surface area contributed by atoms with Crippen molar-refractivity contribution < 1.29 is 32.6 Å². The molecule has 208 valence electrons. The van der Waals surface area contributed by atoms with Gasteiger partial charge in [0.15, 0.2) is 0 Å². The molecule has 9 heteroatoms. The van der Waals surface area contributed by atoms with E-state index in [0.717, 1.165) is 41.9 Å². The molecule has 0 radical (unpaired) electrons. The van der Waals surface area contributed by atoms with E-state index >= 15 is 0 Å². The zero-order valence-electron chi connectivity index (χ0n) is 21.4. The Morgan fingerprint density at radius 1 is 0.872 bits per heavy atom. The van der Waals surface area contributed by atoms with Gasteiger partial charge in [-0.15, -0.1) is 11.8 Å². The number of Topliss-reactive ketones (excluding diaryl/α,β-unsaturated/α-hetero) is 1. The second-order valence-electron chi connectivity index (χ2n) is 8.85. The van der Waals surface area contributed by atoms with Gasteiger partial charge in [-0.1, -0.05) is 42.5 Å². The molecule has 0 aliphatic heterocycles. The third kappa shape index (κ3) is 11.0. The van der Waals surface area contributed by atoms with Crippen molar-refractivity contribution in [1.29, 1.82) is 0 Å². The highest BCUT2D eigenvalue weighted by atomic mass is 32.2. The third-order valence-electron chi connectivity index (χ3n) is 5.86. The Morgan fingerprint density at radius 3 is 2.21 bits per heavy atom. The first kappa shape index (κ1) is 30.6. The van der Waals surface area contributed by atoms with Crippen molar-refractivity contribution in [2.75, 3.05) is 18.1 Å². The maximum Gasteiger partial charge on any atom is 0.454 e. The Balaban J connectivity index is 1.43. The van der Waals surface area contributed by atoms with Crippen LogP contribution in [0.25, 0.3) is 0 Å². The monoisotopic (exact) mass is 576 g/mol. The molecule has 0 heterocycles. The zero-order chi connectivity index (χ0) is 28.1. The molecule has 3 rings (SSSR count). The number of halogens is 3. The molecule has 3 aromatic carbocycles. The lowest BCUT2D eigenvalue weighted by Gasteiger charge is -2.17. The molecule has 4 nitrogen and oxygen atoms in total. The number of aryl methyl sites for hydroxylation is 1. The van der Waals surface area contributed by atoms with Gasteiger partial charge in [0.2, 0.25) is 0 Å². The lowest BCUT2D eigenvalue weighted by Crippen LogP contribution is -2.22. The van der Waals surface area contributed by atoms with Gasteiger partial charge in [0, 0.05) is 27.2 Å². The molecule has 39 heavy (non-hydrogen) atoms. The van der Waals surface area contributed by atoms with Gasteiger partial charge >= 0.3 is 12.1 Å². The summed E-state index contributed by atoms with van der Waals surface area (Å²) in [4.78, 5) is 23.0. The van der Waals surface area contributed by atoms with Crippen molar-refractivity contribution in [3.8, 4) is 5.75 Å². The molecule has 0 aromatic heterocycles. The van der Waals surface area contributed by atoms with Crippen LogP contribution < -0.4 is 4.74 Å². The number of ketones is 1. The fourth-order valence-electron chi connectivity index (χ4n) is 3.85. The summed E-state index contributed by atoms with van der Waals surface area (Å²) < 4.78 is 43.4. The molecule has 0 bridgehead atoms. The number of hydrogen-bond acceptors (Lipinski definition) is 5. The average molecular weight is 577 g/mol. The van der Waals surface area contributed by atoms with E-state index in [9.17, 15) is 22.8 Å². The van der Waals surface area contributed by atoms with Gasteiger partial charge in [-0.2, -0.15) is 24.9 Å². The predicted octanol–water partition coefficient (Wildman–Crippen LogP) is 8.26. The number of benzene rings is 3. The first-order valence-electron chi connectivity index (χ1n) is 12.7. The number of carboxylic acids is 1. The first-order chi connectivity index (χ1) is 18.7. The van der Waals surface area contributed by atoms with E-state index in [1.165, 1.54) is 41.6 Å². The number of thioether (sulfide) groups is 2. The molecule has 1 atom stereocenters. The largest absolute Gasteiger partial charge is 0.494 e. The maximum atomic E-state index is 12.5. The number of hydrogen-bond donors (Lipinski definition) is 1. The highest BCUT2D eigenvalue weighted by molar-refractivity contribution is 7.99. The molecular weight excluding hydrogens is 545 g/mol. The van der Waals surface area contributed by atoms with Crippen molar-refractivity contribution in [2.45, 2.75) is 48.4 Å². The van der Waals surface area contributed by atoms with Crippen LogP contribution in [0.3, 0.4) is 0 Å². The van der Waals surface area contributed by atoms with E-state index in [4.69, 9.17) is 9.84 Å². The Labute approximate surface area is 235 Å². The lowest BCUT2D eigenvalue weighted by molar-refractivity contribution is -0.136. The summed E-state index contributed by atoms with van der Waals surface area (Å²) in [5, 5.41) is 9.22. The fourth-order valence-corrected chi connectivity index (χ4v) is 5.94. The Bertz CT molecular complexity index is 1170. The fraction of sp³-hybridized carbons (Fsp3) is 0.333. The van der Waals surface area contributed by atoms with Gasteiger partial charge in [-0.3, -0.25) is 9.59 Å². The molecule has 1 N–H and O–H groups in total. The Morgan fingerprint density at radius 2 is 1.56 bits per heavy atom. The molecule has 0 saturated heterocycles. The Hall–Kier alpha value is -2.91. The summed E-state index contributed by atoms with van der Waals surface area (Å²) in [7, 11) is 0. The third-order valence-corrected chi connectivity index (χ3v) is 8.31. The van der Waals surface area contributed by atoms with Crippen molar-refractivity contribution in [3.63, 3.8) is 0 Å². The molecule has 0 aliphatic rings. The molecule has 0 saturated carbocycles. The van der Waals surface area contributed by atoms with Crippen LogP contribution >= 0.6 is 23.5 Å². The minimum Gasteiger partial charge on any atom is -0.494 e. The molecule has 0 fully saturated rings. The van der Waals surface area contributed by atoms with E-state index in [-0.39, 0.29) is 17.2 Å². The van der Waals surface area contributed by atoms with Gasteiger partial charge in [-0.25, -0.2) is 0 Å².